The van der Waals surface area contributed by atoms with Crippen LogP contribution < -0.4 is 16.4 Å². The molecule has 6 heteroatoms. The molecule has 94 valence electrons. The Bertz CT molecular complexity index is 509. The lowest BCUT2D eigenvalue weighted by molar-refractivity contribution is 0.259. The molecule has 0 aliphatic heterocycles. The van der Waals surface area contributed by atoms with Gasteiger partial charge in [0.05, 0.1) is 17.2 Å². The van der Waals surface area contributed by atoms with Gasteiger partial charge in [-0.05, 0) is 31.2 Å². The van der Waals surface area contributed by atoms with Crippen molar-refractivity contribution >= 4 is 28.7 Å². The van der Waals surface area contributed by atoms with Gasteiger partial charge in [-0.2, -0.15) is 0 Å². The molecule has 2 aromatic rings. The van der Waals surface area contributed by atoms with Crippen LogP contribution in [0.2, 0.25) is 0 Å². The quantitative estimate of drug-likeness (QED) is 0.792. The normalized spacial score (nSPS) is 11.8. The highest BCUT2D eigenvalue weighted by Crippen LogP contribution is 2.20. The molecule has 0 saturated heterocycles. The first-order valence-corrected chi connectivity index (χ1v) is 6.40. The van der Waals surface area contributed by atoms with Crippen LogP contribution in [0, 0.1) is 0 Å². The van der Waals surface area contributed by atoms with Gasteiger partial charge in [-0.15, -0.1) is 11.3 Å². The van der Waals surface area contributed by atoms with Crippen molar-refractivity contribution in [2.45, 2.75) is 13.0 Å². The largest absolute Gasteiger partial charge is 0.377 e. The highest BCUT2D eigenvalue weighted by Gasteiger charge is 2.06. The van der Waals surface area contributed by atoms with Gasteiger partial charge in [0.15, 0.2) is 0 Å². The molecule has 1 aromatic carbocycles. The van der Waals surface area contributed by atoms with Crippen molar-refractivity contribution in [1.29, 1.82) is 0 Å². The van der Waals surface area contributed by atoms with Crippen LogP contribution in [0.25, 0.3) is 0 Å². The molecule has 2 rings (SSSR count). The van der Waals surface area contributed by atoms with E-state index in [0.717, 1.165) is 11.4 Å². The third-order valence-electron chi connectivity index (χ3n) is 2.43. The molecule has 0 aliphatic carbocycles. The number of aromatic nitrogens is 1. The summed E-state index contributed by atoms with van der Waals surface area (Å²) in [5, 5.41) is 7.85. The Hall–Kier alpha value is -2.08. The smallest absolute Gasteiger partial charge is 0.316 e. The maximum absolute atomic E-state index is 10.7. The van der Waals surface area contributed by atoms with E-state index in [0.29, 0.717) is 5.69 Å². The molecule has 18 heavy (non-hydrogen) atoms. The number of anilines is 2. The second kappa shape index (κ2) is 5.50. The van der Waals surface area contributed by atoms with E-state index < -0.39 is 6.03 Å². The van der Waals surface area contributed by atoms with E-state index in [1.54, 1.807) is 23.5 Å². The Morgan fingerprint density at radius 1 is 1.33 bits per heavy atom. The summed E-state index contributed by atoms with van der Waals surface area (Å²) in [4.78, 5) is 14.9. The van der Waals surface area contributed by atoms with Gasteiger partial charge in [-0.3, -0.25) is 0 Å². The van der Waals surface area contributed by atoms with Crippen LogP contribution in [-0.4, -0.2) is 11.0 Å². The molecule has 2 amide bonds. The van der Waals surface area contributed by atoms with E-state index in [1.807, 2.05) is 29.9 Å². The predicted molar refractivity (Wildman–Crippen MR) is 73.8 cm³/mol. The summed E-state index contributed by atoms with van der Waals surface area (Å²) in [7, 11) is 0. The van der Waals surface area contributed by atoms with Gasteiger partial charge in [0.1, 0.15) is 0 Å². The number of urea groups is 1. The Balaban J connectivity index is 2.00. The maximum Gasteiger partial charge on any atom is 0.316 e. The van der Waals surface area contributed by atoms with Crippen molar-refractivity contribution in [3.63, 3.8) is 0 Å². The van der Waals surface area contributed by atoms with E-state index in [2.05, 4.69) is 15.6 Å². The first-order chi connectivity index (χ1) is 8.65. The minimum Gasteiger partial charge on any atom is -0.377 e. The molecular formula is C12H14N4OS. The number of benzene rings is 1. The number of nitrogens with two attached hydrogens (primary N) is 1. The molecule has 0 spiro atoms. The van der Waals surface area contributed by atoms with Crippen molar-refractivity contribution in [2.24, 2.45) is 5.73 Å². The molecular weight excluding hydrogens is 248 g/mol. The number of thiazole rings is 1. The molecule has 0 radical (unpaired) electrons. The van der Waals surface area contributed by atoms with E-state index >= 15 is 0 Å². The van der Waals surface area contributed by atoms with Crippen LogP contribution in [-0.2, 0) is 0 Å². The van der Waals surface area contributed by atoms with Crippen LogP contribution in [0.1, 0.15) is 18.7 Å². The van der Waals surface area contributed by atoms with Crippen molar-refractivity contribution in [1.82, 2.24) is 4.98 Å². The summed E-state index contributed by atoms with van der Waals surface area (Å²) >= 11 is 1.58. The molecule has 0 fully saturated rings. The fraction of sp³-hybridized carbons (Fsp3) is 0.167. The highest BCUT2D eigenvalue weighted by molar-refractivity contribution is 7.07. The number of carbonyl (C=O) groups is 1. The zero-order valence-electron chi connectivity index (χ0n) is 9.88. The molecule has 1 heterocycles. The monoisotopic (exact) mass is 262 g/mol. The standard InChI is InChI=1S/C12H14N4OS/c1-8(11-6-18-7-14-11)15-9-2-4-10(5-3-9)16-12(13)17/h2-8,15H,1H3,(H3,13,16,17). The number of primary amides is 1. The predicted octanol–water partition coefficient (Wildman–Crippen LogP) is 2.81. The SMILES string of the molecule is CC(Nc1ccc(NC(N)=O)cc1)c1cscn1. The van der Waals surface area contributed by atoms with Gasteiger partial charge in [0.25, 0.3) is 0 Å². The first kappa shape index (κ1) is 12.4. The van der Waals surface area contributed by atoms with Crippen molar-refractivity contribution < 1.29 is 4.79 Å². The fourth-order valence-corrected chi connectivity index (χ4v) is 2.20. The number of hydrogen-bond acceptors (Lipinski definition) is 4. The number of rotatable bonds is 4. The van der Waals surface area contributed by atoms with Crippen molar-refractivity contribution in [3.05, 3.63) is 40.8 Å². The average Bonchev–Trinajstić information content (AvgIpc) is 2.84. The lowest BCUT2D eigenvalue weighted by Gasteiger charge is -2.13. The minimum absolute atomic E-state index is 0.145. The van der Waals surface area contributed by atoms with Crippen LogP contribution in [0.3, 0.4) is 0 Å². The maximum atomic E-state index is 10.7. The first-order valence-electron chi connectivity index (χ1n) is 5.46. The van der Waals surface area contributed by atoms with Gasteiger partial charge < -0.3 is 16.4 Å². The van der Waals surface area contributed by atoms with Gasteiger partial charge in [-0.1, -0.05) is 0 Å². The molecule has 1 unspecified atom stereocenters. The topological polar surface area (TPSA) is 80.0 Å². The number of nitrogens with zero attached hydrogens (tertiary/aromatic N) is 1. The third-order valence-corrected chi connectivity index (χ3v) is 3.04. The van der Waals surface area contributed by atoms with Crippen molar-refractivity contribution in [3.8, 4) is 0 Å². The van der Waals surface area contributed by atoms with Crippen LogP contribution in [0.15, 0.2) is 35.2 Å². The van der Waals surface area contributed by atoms with Gasteiger partial charge in [0.2, 0.25) is 0 Å². The molecule has 4 N–H and O–H groups in total. The zero-order valence-corrected chi connectivity index (χ0v) is 10.7. The van der Waals surface area contributed by atoms with E-state index in [-0.39, 0.29) is 6.04 Å². The molecule has 1 aromatic heterocycles. The minimum atomic E-state index is -0.563. The highest BCUT2D eigenvalue weighted by atomic mass is 32.1. The second-order valence-electron chi connectivity index (χ2n) is 3.85. The van der Waals surface area contributed by atoms with Gasteiger partial charge >= 0.3 is 6.03 Å². The van der Waals surface area contributed by atoms with Gasteiger partial charge in [0, 0.05) is 16.8 Å². The average molecular weight is 262 g/mol. The Kier molecular flexibility index (Phi) is 3.78. The van der Waals surface area contributed by atoms with E-state index in [4.69, 9.17) is 5.73 Å². The van der Waals surface area contributed by atoms with Crippen LogP contribution in [0.5, 0.6) is 0 Å². The zero-order chi connectivity index (χ0) is 13.0. The molecule has 1 atom stereocenters. The lowest BCUT2D eigenvalue weighted by Crippen LogP contribution is -2.19. The summed E-state index contributed by atoms with van der Waals surface area (Å²) in [6, 6.07) is 6.93. The molecule has 0 saturated carbocycles. The second-order valence-corrected chi connectivity index (χ2v) is 4.56. The number of nitrogens with one attached hydrogen (secondary N) is 2. The van der Waals surface area contributed by atoms with Crippen LogP contribution >= 0.6 is 11.3 Å². The summed E-state index contributed by atoms with van der Waals surface area (Å²) in [5.74, 6) is 0. The molecule has 0 bridgehead atoms. The number of amides is 2. The molecule has 0 aliphatic rings. The third kappa shape index (κ3) is 3.21. The molecule has 5 nitrogen and oxygen atoms in total. The number of carbonyl (C=O) groups excluding carboxylic acids is 1. The summed E-state index contributed by atoms with van der Waals surface area (Å²) in [5.41, 5.74) is 9.50. The van der Waals surface area contributed by atoms with Crippen molar-refractivity contribution in [2.75, 3.05) is 10.6 Å². The Morgan fingerprint density at radius 3 is 2.56 bits per heavy atom. The number of hydrogen-bond donors (Lipinski definition) is 3. The Morgan fingerprint density at radius 2 is 2.00 bits per heavy atom. The summed E-state index contributed by atoms with van der Waals surface area (Å²) in [6.07, 6.45) is 0. The lowest BCUT2D eigenvalue weighted by atomic mass is 10.2. The van der Waals surface area contributed by atoms with E-state index in [9.17, 15) is 4.79 Å². The van der Waals surface area contributed by atoms with Crippen LogP contribution in [0.4, 0.5) is 16.2 Å². The Labute approximate surface area is 109 Å². The van der Waals surface area contributed by atoms with Gasteiger partial charge in [-0.25, -0.2) is 9.78 Å². The summed E-state index contributed by atoms with van der Waals surface area (Å²) < 4.78 is 0. The summed E-state index contributed by atoms with van der Waals surface area (Å²) in [6.45, 7) is 2.05. The fourth-order valence-electron chi connectivity index (χ4n) is 1.55. The van der Waals surface area contributed by atoms with E-state index in [1.165, 1.54) is 0 Å².